The molecule has 0 aliphatic carbocycles. The van der Waals surface area contributed by atoms with Gasteiger partial charge in [-0.3, -0.25) is 9.59 Å². The molecule has 0 bridgehead atoms. The van der Waals surface area contributed by atoms with Gasteiger partial charge in [-0.25, -0.2) is 0 Å². The Hall–Kier alpha value is -2.04. The second-order valence-corrected chi connectivity index (χ2v) is 4.89. The van der Waals surface area contributed by atoms with Crippen molar-refractivity contribution in [3.63, 3.8) is 0 Å². The number of benzene rings is 1. The van der Waals surface area contributed by atoms with Gasteiger partial charge in [0.2, 0.25) is 5.91 Å². The maximum atomic E-state index is 12.2. The number of nitrogen functional groups attached to an aromatic ring is 1. The summed E-state index contributed by atoms with van der Waals surface area (Å²) in [5, 5.41) is 2.90. The number of nitrogens with two attached hydrogens (primary N) is 1. The van der Waals surface area contributed by atoms with Crippen molar-refractivity contribution in [2.45, 2.75) is 25.8 Å². The SMILES string of the molecule is CC(=O)NC1CCN(C(=O)c2ccc(N)cc2)CC1. The predicted octanol–water partition coefficient (Wildman–Crippen LogP) is 1.01. The van der Waals surface area contributed by atoms with Crippen molar-refractivity contribution in [2.24, 2.45) is 0 Å². The molecule has 3 N–H and O–H groups in total. The van der Waals surface area contributed by atoms with E-state index in [-0.39, 0.29) is 17.9 Å². The minimum atomic E-state index is -0.0108. The van der Waals surface area contributed by atoms with Crippen LogP contribution in [-0.2, 0) is 4.79 Å². The fraction of sp³-hybridized carbons (Fsp3) is 0.429. The zero-order valence-electron chi connectivity index (χ0n) is 11.1. The van der Waals surface area contributed by atoms with E-state index in [4.69, 9.17) is 5.73 Å². The largest absolute Gasteiger partial charge is 0.399 e. The molecule has 1 heterocycles. The Labute approximate surface area is 112 Å². The fourth-order valence-electron chi connectivity index (χ4n) is 2.32. The van der Waals surface area contributed by atoms with Crippen LogP contribution in [0.25, 0.3) is 0 Å². The quantitative estimate of drug-likeness (QED) is 0.780. The molecule has 0 radical (unpaired) electrons. The monoisotopic (exact) mass is 261 g/mol. The van der Waals surface area contributed by atoms with Gasteiger partial charge in [-0.05, 0) is 37.1 Å². The van der Waals surface area contributed by atoms with Crippen LogP contribution in [-0.4, -0.2) is 35.8 Å². The van der Waals surface area contributed by atoms with E-state index in [2.05, 4.69) is 5.32 Å². The lowest BCUT2D eigenvalue weighted by molar-refractivity contribution is -0.119. The summed E-state index contributed by atoms with van der Waals surface area (Å²) >= 11 is 0. The summed E-state index contributed by atoms with van der Waals surface area (Å²) in [4.78, 5) is 25.0. The standard InChI is InChI=1S/C14H19N3O2/c1-10(18)16-13-6-8-17(9-7-13)14(19)11-2-4-12(15)5-3-11/h2-5,13H,6-9,15H2,1H3,(H,16,18). The number of likely N-dealkylation sites (tertiary alicyclic amines) is 1. The van der Waals surface area contributed by atoms with Gasteiger partial charge in [0.05, 0.1) is 0 Å². The number of hydrogen-bond donors (Lipinski definition) is 2. The van der Waals surface area contributed by atoms with E-state index < -0.39 is 0 Å². The number of anilines is 1. The summed E-state index contributed by atoms with van der Waals surface area (Å²) in [6, 6.07) is 7.15. The van der Waals surface area contributed by atoms with E-state index in [0.717, 1.165) is 12.8 Å². The Morgan fingerprint density at radius 1 is 1.21 bits per heavy atom. The maximum Gasteiger partial charge on any atom is 0.253 e. The zero-order chi connectivity index (χ0) is 13.8. The summed E-state index contributed by atoms with van der Waals surface area (Å²) in [6.45, 7) is 2.87. The van der Waals surface area contributed by atoms with Crippen molar-refractivity contribution in [3.05, 3.63) is 29.8 Å². The Morgan fingerprint density at radius 2 is 1.79 bits per heavy atom. The van der Waals surface area contributed by atoms with E-state index in [1.807, 2.05) is 4.90 Å². The van der Waals surface area contributed by atoms with Crippen LogP contribution in [0.2, 0.25) is 0 Å². The van der Waals surface area contributed by atoms with E-state index in [1.165, 1.54) is 6.92 Å². The first kappa shape index (κ1) is 13.4. The van der Waals surface area contributed by atoms with Crippen LogP contribution in [0.3, 0.4) is 0 Å². The van der Waals surface area contributed by atoms with Gasteiger partial charge in [0.25, 0.3) is 5.91 Å². The highest BCUT2D eigenvalue weighted by Gasteiger charge is 2.23. The van der Waals surface area contributed by atoms with Crippen molar-refractivity contribution in [1.29, 1.82) is 0 Å². The van der Waals surface area contributed by atoms with Crippen LogP contribution in [0.15, 0.2) is 24.3 Å². The molecule has 2 amide bonds. The molecule has 1 saturated heterocycles. The average molecular weight is 261 g/mol. The van der Waals surface area contributed by atoms with E-state index >= 15 is 0 Å². The van der Waals surface area contributed by atoms with Crippen LogP contribution in [0.5, 0.6) is 0 Å². The lowest BCUT2D eigenvalue weighted by atomic mass is 10.0. The fourth-order valence-corrected chi connectivity index (χ4v) is 2.32. The molecule has 1 aliphatic heterocycles. The molecular weight excluding hydrogens is 242 g/mol. The first-order valence-corrected chi connectivity index (χ1v) is 6.48. The molecule has 1 aromatic carbocycles. The van der Waals surface area contributed by atoms with Crippen LogP contribution in [0.4, 0.5) is 5.69 Å². The van der Waals surface area contributed by atoms with Crippen molar-refractivity contribution in [3.8, 4) is 0 Å². The smallest absolute Gasteiger partial charge is 0.253 e. The van der Waals surface area contributed by atoms with Gasteiger partial charge in [-0.2, -0.15) is 0 Å². The lowest BCUT2D eigenvalue weighted by Crippen LogP contribution is -2.46. The zero-order valence-corrected chi connectivity index (χ0v) is 11.1. The Bertz CT molecular complexity index is 462. The third-order valence-electron chi connectivity index (χ3n) is 3.35. The van der Waals surface area contributed by atoms with Crippen molar-refractivity contribution in [2.75, 3.05) is 18.8 Å². The molecule has 1 aliphatic rings. The number of piperidine rings is 1. The van der Waals surface area contributed by atoms with Gasteiger partial charge >= 0.3 is 0 Å². The third-order valence-corrected chi connectivity index (χ3v) is 3.35. The molecule has 1 aromatic rings. The second-order valence-electron chi connectivity index (χ2n) is 4.89. The van der Waals surface area contributed by atoms with Gasteiger partial charge in [-0.1, -0.05) is 0 Å². The van der Waals surface area contributed by atoms with E-state index in [9.17, 15) is 9.59 Å². The first-order chi connectivity index (χ1) is 9.06. The maximum absolute atomic E-state index is 12.2. The van der Waals surface area contributed by atoms with Crippen LogP contribution < -0.4 is 11.1 Å². The topological polar surface area (TPSA) is 75.4 Å². The van der Waals surface area contributed by atoms with Gasteiger partial charge in [0.1, 0.15) is 0 Å². The molecule has 0 aromatic heterocycles. The van der Waals surface area contributed by atoms with Gasteiger partial charge < -0.3 is 16.0 Å². The summed E-state index contributed by atoms with van der Waals surface area (Å²) in [5.41, 5.74) is 6.92. The Balaban J connectivity index is 1.92. The first-order valence-electron chi connectivity index (χ1n) is 6.48. The number of hydrogen-bond acceptors (Lipinski definition) is 3. The molecule has 5 nitrogen and oxygen atoms in total. The number of nitrogens with one attached hydrogen (secondary N) is 1. The highest BCUT2D eigenvalue weighted by Crippen LogP contribution is 2.15. The molecule has 102 valence electrons. The summed E-state index contributed by atoms with van der Waals surface area (Å²) in [6.07, 6.45) is 1.61. The molecule has 0 saturated carbocycles. The molecular formula is C14H19N3O2. The number of carbonyl (C=O) groups is 2. The minimum Gasteiger partial charge on any atom is -0.399 e. The van der Waals surface area contributed by atoms with Gasteiger partial charge in [0, 0.05) is 37.3 Å². The Kier molecular flexibility index (Phi) is 4.04. The van der Waals surface area contributed by atoms with E-state index in [1.54, 1.807) is 24.3 Å². The van der Waals surface area contributed by atoms with Crippen molar-refractivity contribution in [1.82, 2.24) is 10.2 Å². The van der Waals surface area contributed by atoms with Crippen LogP contribution in [0, 0.1) is 0 Å². The molecule has 19 heavy (non-hydrogen) atoms. The predicted molar refractivity (Wildman–Crippen MR) is 73.6 cm³/mol. The van der Waals surface area contributed by atoms with Gasteiger partial charge in [0.15, 0.2) is 0 Å². The van der Waals surface area contributed by atoms with Crippen molar-refractivity contribution >= 4 is 17.5 Å². The molecule has 0 atom stereocenters. The number of nitrogens with zero attached hydrogens (tertiary/aromatic N) is 1. The number of amides is 2. The molecule has 0 spiro atoms. The lowest BCUT2D eigenvalue weighted by Gasteiger charge is -2.32. The highest BCUT2D eigenvalue weighted by atomic mass is 16.2. The average Bonchev–Trinajstić information content (AvgIpc) is 2.39. The van der Waals surface area contributed by atoms with Crippen molar-refractivity contribution < 1.29 is 9.59 Å². The molecule has 0 unspecified atom stereocenters. The minimum absolute atomic E-state index is 0.0108. The number of rotatable bonds is 2. The van der Waals surface area contributed by atoms with E-state index in [0.29, 0.717) is 24.3 Å². The third kappa shape index (κ3) is 3.47. The molecule has 1 fully saturated rings. The second kappa shape index (κ2) is 5.73. The van der Waals surface area contributed by atoms with Crippen LogP contribution in [0.1, 0.15) is 30.1 Å². The highest BCUT2D eigenvalue weighted by molar-refractivity contribution is 5.94. The Morgan fingerprint density at radius 3 is 2.32 bits per heavy atom. The summed E-state index contributed by atoms with van der Waals surface area (Å²) in [5.74, 6) is 0.0181. The number of carbonyl (C=O) groups excluding carboxylic acids is 2. The van der Waals surface area contributed by atoms with Gasteiger partial charge in [-0.15, -0.1) is 0 Å². The van der Waals surface area contributed by atoms with Crippen LogP contribution >= 0.6 is 0 Å². The normalized spacial score (nSPS) is 16.2. The molecule has 2 rings (SSSR count). The molecule has 5 heteroatoms. The summed E-state index contributed by atoms with van der Waals surface area (Å²) < 4.78 is 0. The summed E-state index contributed by atoms with van der Waals surface area (Å²) in [7, 11) is 0.